The molecule has 8 nitrogen and oxygen atoms in total. The average Bonchev–Trinajstić information content (AvgIpc) is 3.57. The Kier molecular flexibility index (Phi) is 7.54. The Morgan fingerprint density at radius 1 is 1.03 bits per heavy atom. The number of aliphatic hydroxyl groups excluding tert-OH is 1. The monoisotopic (exact) mass is 534 g/mol. The number of nitrogens with zero attached hydrogens (tertiary/aromatic N) is 2. The van der Waals surface area contributed by atoms with Crippen LogP contribution in [-0.4, -0.2) is 77.2 Å². The summed E-state index contributed by atoms with van der Waals surface area (Å²) in [7, 11) is 0. The van der Waals surface area contributed by atoms with Gasteiger partial charge >= 0.3 is 0 Å². The molecule has 0 atom stereocenters. The molecule has 4 heterocycles. The van der Waals surface area contributed by atoms with Gasteiger partial charge in [0, 0.05) is 67.2 Å². The highest BCUT2D eigenvalue weighted by Crippen LogP contribution is 2.29. The summed E-state index contributed by atoms with van der Waals surface area (Å²) < 4.78 is 25.3. The predicted molar refractivity (Wildman–Crippen MR) is 147 cm³/mol. The lowest BCUT2D eigenvalue weighted by molar-refractivity contribution is 0.0729. The number of H-pyrrole nitrogens is 1. The van der Waals surface area contributed by atoms with E-state index in [4.69, 9.17) is 9.15 Å². The Bertz CT molecular complexity index is 1430. The van der Waals surface area contributed by atoms with Crippen LogP contribution in [0, 0.1) is 5.82 Å². The van der Waals surface area contributed by atoms with Crippen LogP contribution in [0.1, 0.15) is 41.7 Å². The second-order valence-electron chi connectivity index (χ2n) is 10.8. The van der Waals surface area contributed by atoms with Crippen LogP contribution in [-0.2, 0) is 6.61 Å². The summed E-state index contributed by atoms with van der Waals surface area (Å²) in [6.45, 7) is 6.19. The minimum atomic E-state index is -0.321. The van der Waals surface area contributed by atoms with Gasteiger partial charge in [-0.15, -0.1) is 0 Å². The number of hydrogen-bond donors (Lipinski definition) is 3. The Balaban J connectivity index is 1.03. The Hall–Kier alpha value is -3.40. The third-order valence-corrected chi connectivity index (χ3v) is 8.08. The molecule has 3 N–H and O–H groups in total. The van der Waals surface area contributed by atoms with Crippen molar-refractivity contribution < 1.29 is 23.4 Å². The maximum atomic E-state index is 13.7. The normalized spacial score (nSPS) is 18.2. The fraction of sp³-hybridized carbons (Fsp3) is 0.433. The zero-order valence-corrected chi connectivity index (χ0v) is 22.0. The van der Waals surface area contributed by atoms with Crippen LogP contribution >= 0.6 is 0 Å². The molecule has 0 saturated carbocycles. The van der Waals surface area contributed by atoms with Crippen LogP contribution in [0.3, 0.4) is 0 Å². The fourth-order valence-corrected chi connectivity index (χ4v) is 5.69. The zero-order chi connectivity index (χ0) is 26.8. The first-order valence-electron chi connectivity index (χ1n) is 13.9. The van der Waals surface area contributed by atoms with Gasteiger partial charge in [0.25, 0.3) is 5.91 Å². The van der Waals surface area contributed by atoms with Gasteiger partial charge in [-0.2, -0.15) is 0 Å². The van der Waals surface area contributed by atoms with Gasteiger partial charge in [0.2, 0.25) is 0 Å². The lowest BCUT2D eigenvalue weighted by atomic mass is 10.0. The van der Waals surface area contributed by atoms with Gasteiger partial charge in [-0.25, -0.2) is 4.39 Å². The van der Waals surface area contributed by atoms with Crippen LogP contribution in [0.2, 0.25) is 0 Å². The number of hydrogen-bond acceptors (Lipinski definition) is 6. The summed E-state index contributed by atoms with van der Waals surface area (Å²) in [6.07, 6.45) is 5.06. The molecular weight excluding hydrogens is 499 g/mol. The smallest absolute Gasteiger partial charge is 0.267 e. The van der Waals surface area contributed by atoms with E-state index >= 15 is 0 Å². The van der Waals surface area contributed by atoms with E-state index in [9.17, 15) is 14.3 Å². The summed E-state index contributed by atoms with van der Waals surface area (Å²) in [5.74, 6) is 0.210. The maximum absolute atomic E-state index is 13.7. The van der Waals surface area contributed by atoms with E-state index in [1.54, 1.807) is 12.3 Å². The second-order valence-corrected chi connectivity index (χ2v) is 10.8. The Labute approximate surface area is 226 Å². The molecule has 2 aromatic carbocycles. The van der Waals surface area contributed by atoms with Crippen LogP contribution in [0.4, 0.5) is 4.39 Å². The van der Waals surface area contributed by atoms with Gasteiger partial charge in [0.05, 0.1) is 12.4 Å². The number of carbonyl (C=O) groups excluding carboxylic acids is 1. The average molecular weight is 535 g/mol. The van der Waals surface area contributed by atoms with Crippen molar-refractivity contribution in [3.8, 4) is 5.75 Å². The number of furan rings is 1. The lowest BCUT2D eigenvalue weighted by Gasteiger charge is -2.35. The van der Waals surface area contributed by atoms with Gasteiger partial charge < -0.3 is 34.4 Å². The van der Waals surface area contributed by atoms with Crippen molar-refractivity contribution in [3.63, 3.8) is 0 Å². The van der Waals surface area contributed by atoms with Crippen molar-refractivity contribution in [2.24, 2.45) is 0 Å². The van der Waals surface area contributed by atoms with Gasteiger partial charge in [-0.05, 0) is 62.1 Å². The minimum Gasteiger partial charge on any atom is -0.488 e. The summed E-state index contributed by atoms with van der Waals surface area (Å²) in [6, 6.07) is 12.1. The first kappa shape index (κ1) is 25.9. The molecule has 9 heteroatoms. The van der Waals surface area contributed by atoms with Crippen LogP contribution in [0.5, 0.6) is 5.75 Å². The number of fused-ring (bicyclic) bond motifs is 2. The molecule has 6 rings (SSSR count). The number of nitrogens with one attached hydrogen (secondary N) is 2. The molecule has 0 aliphatic carbocycles. The highest BCUT2D eigenvalue weighted by Gasteiger charge is 2.23. The number of amides is 1. The predicted octanol–water partition coefficient (Wildman–Crippen LogP) is 4.28. The van der Waals surface area contributed by atoms with Crippen LogP contribution in [0.15, 0.2) is 53.1 Å². The molecule has 2 saturated heterocycles. The number of aliphatic hydroxyl groups is 1. The number of aromatic nitrogens is 1. The quantitative estimate of drug-likeness (QED) is 0.312. The SMILES string of the molecule is O=C(NC1CCN(CCN2CCC(O)CC2)CC1)c1cc2c(OCc3coc4ccc(F)cc34)cccc2[nH]1. The lowest BCUT2D eigenvalue weighted by Crippen LogP contribution is -2.47. The fourth-order valence-electron chi connectivity index (χ4n) is 5.69. The van der Waals surface area contributed by atoms with E-state index in [0.29, 0.717) is 22.4 Å². The molecule has 2 aromatic heterocycles. The molecule has 39 heavy (non-hydrogen) atoms. The third kappa shape index (κ3) is 5.95. The van der Waals surface area contributed by atoms with E-state index in [0.717, 1.165) is 81.4 Å². The van der Waals surface area contributed by atoms with Gasteiger partial charge in [0.15, 0.2) is 0 Å². The molecule has 4 aromatic rings. The standard InChI is InChI=1S/C30H35FN4O4/c31-21-4-5-29-24(16-21)20(19-39-29)18-38-28-3-1-2-26-25(28)17-27(33-26)30(37)32-22-6-10-34(11-7-22)14-15-35-12-8-23(36)9-13-35/h1-5,16-17,19,22-23,33,36H,6-15,18H2,(H,32,37). The summed E-state index contributed by atoms with van der Waals surface area (Å²) in [5.41, 5.74) is 2.70. The number of benzene rings is 2. The molecule has 2 fully saturated rings. The second kappa shape index (κ2) is 11.4. The molecule has 2 aliphatic heterocycles. The van der Waals surface area contributed by atoms with Crippen LogP contribution < -0.4 is 10.1 Å². The van der Waals surface area contributed by atoms with E-state index in [2.05, 4.69) is 20.1 Å². The first-order valence-corrected chi connectivity index (χ1v) is 13.9. The van der Waals surface area contributed by atoms with E-state index < -0.39 is 0 Å². The summed E-state index contributed by atoms with van der Waals surface area (Å²) >= 11 is 0. The molecular formula is C30H35FN4O4. The third-order valence-electron chi connectivity index (χ3n) is 8.08. The van der Waals surface area contributed by atoms with Crippen molar-refractivity contribution in [1.82, 2.24) is 20.1 Å². The molecule has 0 bridgehead atoms. The van der Waals surface area contributed by atoms with Crippen LogP contribution in [0.25, 0.3) is 21.9 Å². The number of aromatic amines is 1. The zero-order valence-electron chi connectivity index (χ0n) is 22.0. The summed E-state index contributed by atoms with van der Waals surface area (Å²) in [5, 5.41) is 14.4. The molecule has 0 spiro atoms. The highest BCUT2D eigenvalue weighted by molar-refractivity contribution is 5.99. The highest BCUT2D eigenvalue weighted by atomic mass is 19.1. The summed E-state index contributed by atoms with van der Waals surface area (Å²) in [4.78, 5) is 21.2. The number of carbonyl (C=O) groups is 1. The Morgan fingerprint density at radius 3 is 2.54 bits per heavy atom. The van der Waals surface area contributed by atoms with Crippen molar-refractivity contribution in [2.75, 3.05) is 39.3 Å². The van der Waals surface area contributed by atoms with Crippen molar-refractivity contribution in [1.29, 1.82) is 0 Å². The number of halogens is 1. The van der Waals surface area contributed by atoms with Gasteiger partial charge in [-0.1, -0.05) is 6.07 Å². The number of ether oxygens (including phenoxy) is 1. The maximum Gasteiger partial charge on any atom is 0.267 e. The largest absolute Gasteiger partial charge is 0.488 e. The Morgan fingerprint density at radius 2 is 1.77 bits per heavy atom. The van der Waals surface area contributed by atoms with Crippen molar-refractivity contribution in [2.45, 2.75) is 44.4 Å². The van der Waals surface area contributed by atoms with Crippen molar-refractivity contribution >= 4 is 27.8 Å². The molecule has 0 radical (unpaired) electrons. The molecule has 0 unspecified atom stereocenters. The molecule has 206 valence electrons. The van der Waals surface area contributed by atoms with E-state index in [1.807, 2.05) is 24.3 Å². The van der Waals surface area contributed by atoms with E-state index in [1.165, 1.54) is 12.1 Å². The van der Waals surface area contributed by atoms with Gasteiger partial charge in [-0.3, -0.25) is 4.79 Å². The van der Waals surface area contributed by atoms with Gasteiger partial charge in [0.1, 0.15) is 29.5 Å². The topological polar surface area (TPSA) is 94.0 Å². The molecule has 2 aliphatic rings. The molecule has 1 amide bonds. The number of piperidine rings is 2. The van der Waals surface area contributed by atoms with E-state index in [-0.39, 0.29) is 30.5 Å². The minimum absolute atomic E-state index is 0.112. The number of rotatable bonds is 8. The number of likely N-dealkylation sites (tertiary alicyclic amines) is 2. The first-order chi connectivity index (χ1) is 19.0. The van der Waals surface area contributed by atoms with Crippen molar-refractivity contribution in [3.05, 3.63) is 65.8 Å².